The van der Waals surface area contributed by atoms with Crippen molar-refractivity contribution in [2.75, 3.05) is 37.7 Å². The molecule has 2 aromatic rings. The highest BCUT2D eigenvalue weighted by Crippen LogP contribution is 2.21. The molecule has 0 spiro atoms. The number of piperazine rings is 1. The maximum Gasteiger partial charge on any atom is 0.303 e. The van der Waals surface area contributed by atoms with Gasteiger partial charge in [0.15, 0.2) is 12.4 Å². The first-order valence-electron chi connectivity index (χ1n) is 7.94. The third-order valence-corrected chi connectivity index (χ3v) is 4.05. The Hall–Kier alpha value is -2.70. The topological polar surface area (TPSA) is 75.6 Å². The predicted octanol–water partition coefficient (Wildman–Crippen LogP) is 1.15. The largest absolute Gasteiger partial charge is 0.456 e. The number of aromatic nitrogens is 2. The van der Waals surface area contributed by atoms with Gasteiger partial charge in [-0.05, 0) is 19.1 Å². The molecule has 1 aliphatic heterocycles. The van der Waals surface area contributed by atoms with Gasteiger partial charge in [0.05, 0.1) is 16.7 Å². The van der Waals surface area contributed by atoms with Crippen LogP contribution in [0.15, 0.2) is 24.3 Å². The van der Waals surface area contributed by atoms with Crippen LogP contribution in [-0.4, -0.2) is 59.5 Å². The molecule has 0 aliphatic carbocycles. The average molecular weight is 328 g/mol. The number of nitrogens with zero attached hydrogens (tertiary/aromatic N) is 4. The van der Waals surface area contributed by atoms with E-state index in [9.17, 15) is 9.59 Å². The molecule has 7 heteroatoms. The summed E-state index contributed by atoms with van der Waals surface area (Å²) >= 11 is 0. The van der Waals surface area contributed by atoms with E-state index in [0.717, 1.165) is 22.5 Å². The fraction of sp³-hybridized carbons (Fsp3) is 0.412. The van der Waals surface area contributed by atoms with Crippen molar-refractivity contribution in [3.05, 3.63) is 30.0 Å². The van der Waals surface area contributed by atoms with Crippen LogP contribution in [0.4, 0.5) is 5.82 Å². The van der Waals surface area contributed by atoms with Crippen molar-refractivity contribution in [1.82, 2.24) is 14.9 Å². The number of aryl methyl sites for hydroxylation is 1. The number of hydrogen-bond acceptors (Lipinski definition) is 6. The number of ether oxygens (including phenoxy) is 1. The number of rotatable bonds is 3. The first-order valence-corrected chi connectivity index (χ1v) is 7.94. The van der Waals surface area contributed by atoms with Gasteiger partial charge in [-0.3, -0.25) is 9.59 Å². The second kappa shape index (κ2) is 6.82. The Bertz CT molecular complexity index is 770. The SMILES string of the molecule is CC(=O)OCC(=O)N1CCN(c2nc3ccccc3nc2C)CC1. The zero-order chi connectivity index (χ0) is 17.1. The minimum Gasteiger partial charge on any atom is -0.456 e. The van der Waals surface area contributed by atoms with Crippen LogP contribution in [0.5, 0.6) is 0 Å². The fourth-order valence-electron chi connectivity index (χ4n) is 2.80. The summed E-state index contributed by atoms with van der Waals surface area (Å²) in [5.41, 5.74) is 2.63. The van der Waals surface area contributed by atoms with Gasteiger partial charge >= 0.3 is 5.97 Å². The first-order chi connectivity index (χ1) is 11.5. The number of carbonyl (C=O) groups excluding carboxylic acids is 2. The van der Waals surface area contributed by atoms with E-state index in [-0.39, 0.29) is 12.5 Å². The Balaban J connectivity index is 1.67. The van der Waals surface area contributed by atoms with Crippen LogP contribution in [0.3, 0.4) is 0 Å². The molecular weight excluding hydrogens is 308 g/mol. The Morgan fingerprint density at radius 2 is 1.71 bits per heavy atom. The lowest BCUT2D eigenvalue weighted by atomic mass is 10.2. The lowest BCUT2D eigenvalue weighted by molar-refractivity contribution is -0.150. The van der Waals surface area contributed by atoms with Crippen molar-refractivity contribution in [2.45, 2.75) is 13.8 Å². The number of hydrogen-bond donors (Lipinski definition) is 0. The summed E-state index contributed by atoms with van der Waals surface area (Å²) in [7, 11) is 0. The quantitative estimate of drug-likeness (QED) is 0.787. The summed E-state index contributed by atoms with van der Waals surface area (Å²) in [4.78, 5) is 36.0. The smallest absolute Gasteiger partial charge is 0.303 e. The van der Waals surface area contributed by atoms with Gasteiger partial charge in [-0.15, -0.1) is 0 Å². The molecule has 2 heterocycles. The number of anilines is 1. The summed E-state index contributed by atoms with van der Waals surface area (Å²) in [6.45, 7) is 5.57. The average Bonchev–Trinajstić information content (AvgIpc) is 2.59. The lowest BCUT2D eigenvalue weighted by Gasteiger charge is -2.35. The molecule has 126 valence electrons. The fourth-order valence-corrected chi connectivity index (χ4v) is 2.80. The van der Waals surface area contributed by atoms with Gasteiger partial charge in [0, 0.05) is 33.1 Å². The molecule has 0 radical (unpaired) electrons. The third-order valence-electron chi connectivity index (χ3n) is 4.05. The highest BCUT2D eigenvalue weighted by atomic mass is 16.5. The van der Waals surface area contributed by atoms with Gasteiger partial charge in [-0.25, -0.2) is 9.97 Å². The Morgan fingerprint density at radius 1 is 1.08 bits per heavy atom. The van der Waals surface area contributed by atoms with Crippen LogP contribution >= 0.6 is 0 Å². The molecule has 1 fully saturated rings. The highest BCUT2D eigenvalue weighted by Gasteiger charge is 2.23. The summed E-state index contributed by atoms with van der Waals surface area (Å²) in [5.74, 6) is 0.260. The van der Waals surface area contributed by atoms with Crippen LogP contribution in [0.1, 0.15) is 12.6 Å². The van der Waals surface area contributed by atoms with Crippen LogP contribution < -0.4 is 4.90 Å². The molecule has 24 heavy (non-hydrogen) atoms. The Morgan fingerprint density at radius 3 is 2.33 bits per heavy atom. The number of esters is 1. The van der Waals surface area contributed by atoms with Crippen molar-refractivity contribution >= 4 is 28.7 Å². The second-order valence-electron chi connectivity index (χ2n) is 5.77. The van der Waals surface area contributed by atoms with E-state index >= 15 is 0 Å². The maximum absolute atomic E-state index is 12.0. The van der Waals surface area contributed by atoms with Crippen molar-refractivity contribution in [3.8, 4) is 0 Å². The van der Waals surface area contributed by atoms with Gasteiger partial charge in [0.25, 0.3) is 5.91 Å². The number of amides is 1. The number of benzene rings is 1. The number of carbonyl (C=O) groups is 2. The van der Waals surface area contributed by atoms with Crippen LogP contribution in [0.25, 0.3) is 11.0 Å². The zero-order valence-corrected chi connectivity index (χ0v) is 13.9. The minimum absolute atomic E-state index is 0.161. The molecule has 7 nitrogen and oxygen atoms in total. The van der Waals surface area contributed by atoms with E-state index in [1.165, 1.54) is 6.92 Å². The summed E-state index contributed by atoms with van der Waals surface area (Å²) in [6.07, 6.45) is 0. The molecule has 0 unspecified atom stereocenters. The molecule has 1 aliphatic rings. The van der Waals surface area contributed by atoms with Crippen molar-refractivity contribution < 1.29 is 14.3 Å². The summed E-state index contributed by atoms with van der Waals surface area (Å²) < 4.78 is 4.77. The normalized spacial score (nSPS) is 14.8. The van der Waals surface area contributed by atoms with Gasteiger partial charge in [-0.1, -0.05) is 12.1 Å². The monoisotopic (exact) mass is 328 g/mol. The van der Waals surface area contributed by atoms with Crippen molar-refractivity contribution in [2.24, 2.45) is 0 Å². The molecule has 0 N–H and O–H groups in total. The van der Waals surface area contributed by atoms with E-state index in [4.69, 9.17) is 9.72 Å². The van der Waals surface area contributed by atoms with Gasteiger partial charge in [0.1, 0.15) is 0 Å². The van der Waals surface area contributed by atoms with Crippen LogP contribution in [-0.2, 0) is 14.3 Å². The lowest BCUT2D eigenvalue weighted by Crippen LogP contribution is -2.50. The van der Waals surface area contributed by atoms with E-state index in [0.29, 0.717) is 26.2 Å². The van der Waals surface area contributed by atoms with E-state index in [1.54, 1.807) is 4.90 Å². The molecule has 3 rings (SSSR count). The van der Waals surface area contributed by atoms with E-state index in [2.05, 4.69) is 9.88 Å². The molecular formula is C17H20N4O3. The van der Waals surface area contributed by atoms with E-state index in [1.807, 2.05) is 31.2 Å². The standard InChI is InChI=1S/C17H20N4O3/c1-12-17(19-15-6-4-3-5-14(15)18-12)21-9-7-20(8-10-21)16(23)11-24-13(2)22/h3-6H,7-11H2,1-2H3. The molecule has 0 bridgehead atoms. The summed E-state index contributed by atoms with van der Waals surface area (Å²) in [6, 6.07) is 7.79. The molecule has 0 atom stereocenters. The highest BCUT2D eigenvalue weighted by molar-refractivity contribution is 5.80. The maximum atomic E-state index is 12.0. The molecule has 0 saturated carbocycles. The predicted molar refractivity (Wildman–Crippen MR) is 89.7 cm³/mol. The number of fused-ring (bicyclic) bond motifs is 1. The molecule has 1 amide bonds. The zero-order valence-electron chi connectivity index (χ0n) is 13.9. The minimum atomic E-state index is -0.441. The first kappa shape index (κ1) is 16.2. The van der Waals surface area contributed by atoms with Gasteiger partial charge in [0.2, 0.25) is 0 Å². The van der Waals surface area contributed by atoms with Crippen molar-refractivity contribution in [3.63, 3.8) is 0 Å². The number of para-hydroxylation sites is 2. The van der Waals surface area contributed by atoms with Crippen LogP contribution in [0, 0.1) is 6.92 Å². The molecule has 1 aromatic carbocycles. The van der Waals surface area contributed by atoms with Crippen molar-refractivity contribution in [1.29, 1.82) is 0 Å². The van der Waals surface area contributed by atoms with E-state index < -0.39 is 5.97 Å². The summed E-state index contributed by atoms with van der Waals surface area (Å²) in [5, 5.41) is 0. The Labute approximate surface area is 140 Å². The third kappa shape index (κ3) is 3.45. The van der Waals surface area contributed by atoms with Crippen LogP contribution in [0.2, 0.25) is 0 Å². The second-order valence-corrected chi connectivity index (χ2v) is 5.77. The van der Waals surface area contributed by atoms with Gasteiger partial charge in [-0.2, -0.15) is 0 Å². The molecule has 1 saturated heterocycles. The molecule has 1 aromatic heterocycles. The Kier molecular flexibility index (Phi) is 4.59. The van der Waals surface area contributed by atoms with Gasteiger partial charge < -0.3 is 14.5 Å².